The number of nitrogens with zero attached hydrogens (tertiary/aromatic N) is 4. The predicted octanol–water partition coefficient (Wildman–Crippen LogP) is 4.29. The Bertz CT molecular complexity index is 1370. The van der Waals surface area contributed by atoms with Crippen molar-refractivity contribution in [1.29, 1.82) is 0 Å². The second kappa shape index (κ2) is 10.2. The molecule has 33 heavy (non-hydrogen) atoms. The third kappa shape index (κ3) is 5.53. The Labute approximate surface area is 197 Å². The maximum Gasteiger partial charge on any atom is 0.249 e. The van der Waals surface area contributed by atoms with Crippen LogP contribution in [-0.4, -0.2) is 32.3 Å². The number of ether oxygens (including phenoxy) is 1. The minimum atomic E-state index is -0.220. The van der Waals surface area contributed by atoms with Crippen LogP contribution in [0.2, 0.25) is 0 Å². The van der Waals surface area contributed by atoms with E-state index in [-0.39, 0.29) is 12.3 Å². The molecule has 0 spiro atoms. The number of aromatic nitrogens is 4. The van der Waals surface area contributed by atoms with Gasteiger partial charge < -0.3 is 9.30 Å². The Kier molecular flexibility index (Phi) is 6.95. The van der Waals surface area contributed by atoms with Crippen molar-refractivity contribution >= 4 is 18.1 Å². The van der Waals surface area contributed by atoms with E-state index in [1.54, 1.807) is 7.11 Å². The van der Waals surface area contributed by atoms with E-state index in [1.165, 1.54) is 5.56 Å². The number of benzene rings is 2. The zero-order chi connectivity index (χ0) is 23.2. The summed E-state index contributed by atoms with van der Waals surface area (Å²) in [5, 5.41) is 7.15. The van der Waals surface area contributed by atoms with E-state index in [9.17, 15) is 4.79 Å². The number of carbonyl (C=O) groups excluding carboxylic acids is 1. The topological polar surface area (TPSA) is 77.2 Å². The van der Waals surface area contributed by atoms with Crippen LogP contribution in [0.4, 0.5) is 0 Å². The monoisotopic (exact) mass is 459 g/mol. The van der Waals surface area contributed by atoms with Crippen LogP contribution >= 0.6 is 12.2 Å². The molecule has 0 saturated heterocycles. The number of rotatable bonds is 7. The summed E-state index contributed by atoms with van der Waals surface area (Å²) in [5.74, 6) is 1.21. The largest absolute Gasteiger partial charge is 0.497 e. The van der Waals surface area contributed by atoms with Crippen LogP contribution in [0.3, 0.4) is 0 Å². The molecular formula is C25H25N5O2S. The lowest BCUT2D eigenvalue weighted by Gasteiger charge is -2.08. The summed E-state index contributed by atoms with van der Waals surface area (Å²) < 4.78 is 9.46. The highest BCUT2D eigenvalue weighted by Gasteiger charge is 2.11. The van der Waals surface area contributed by atoms with Crippen molar-refractivity contribution in [3.63, 3.8) is 0 Å². The number of methoxy groups -OCH3 is 1. The minimum Gasteiger partial charge on any atom is -0.497 e. The standard InChI is InChI=1S/C25H25N5O2S/c1-18-6-8-19(9-7-18)17-29-15-4-3-5-22(29)26-23(31)14-16-30-24(27-28-25(30)33)20-10-12-21(32-2)13-11-20/h3-13,15H,14,16-17H2,1-2H3,(H,28,33). The molecule has 0 unspecified atom stereocenters. The zero-order valence-electron chi connectivity index (χ0n) is 18.6. The zero-order valence-corrected chi connectivity index (χ0v) is 19.4. The smallest absolute Gasteiger partial charge is 0.249 e. The van der Waals surface area contributed by atoms with E-state index in [2.05, 4.69) is 46.4 Å². The second-order valence-electron chi connectivity index (χ2n) is 7.66. The molecule has 1 amide bonds. The van der Waals surface area contributed by atoms with E-state index in [4.69, 9.17) is 17.0 Å². The van der Waals surface area contributed by atoms with Crippen molar-refractivity contribution in [3.05, 3.63) is 94.3 Å². The molecule has 0 bridgehead atoms. The van der Waals surface area contributed by atoms with Gasteiger partial charge in [-0.05, 0) is 61.1 Å². The molecular weight excluding hydrogens is 434 g/mol. The van der Waals surface area contributed by atoms with Gasteiger partial charge in [0.2, 0.25) is 5.91 Å². The highest BCUT2D eigenvalue weighted by molar-refractivity contribution is 7.71. The van der Waals surface area contributed by atoms with Crippen LogP contribution in [0.15, 0.2) is 77.9 Å². The van der Waals surface area contributed by atoms with Crippen molar-refractivity contribution in [2.75, 3.05) is 7.11 Å². The van der Waals surface area contributed by atoms with Crippen LogP contribution in [0.5, 0.6) is 5.75 Å². The summed E-state index contributed by atoms with van der Waals surface area (Å²) in [6.07, 6.45) is 2.14. The van der Waals surface area contributed by atoms with E-state index in [1.807, 2.05) is 57.8 Å². The molecule has 1 N–H and O–H groups in total. The Morgan fingerprint density at radius 1 is 1.09 bits per heavy atom. The molecule has 4 rings (SSSR count). The molecule has 0 radical (unpaired) electrons. The lowest BCUT2D eigenvalue weighted by molar-refractivity contribution is -0.118. The SMILES string of the molecule is COc1ccc(-c2n[nH]c(=S)n2CCC(=O)N=c2ccccn2Cc2ccc(C)cc2)cc1. The first kappa shape index (κ1) is 22.4. The van der Waals surface area contributed by atoms with Crippen LogP contribution < -0.4 is 10.2 Å². The number of aryl methyl sites for hydroxylation is 1. The summed E-state index contributed by atoms with van der Waals surface area (Å²) in [6, 6.07) is 21.5. The molecule has 0 aliphatic heterocycles. The molecule has 0 atom stereocenters. The molecule has 0 aliphatic rings. The van der Waals surface area contributed by atoms with Crippen LogP contribution in [-0.2, 0) is 17.9 Å². The highest BCUT2D eigenvalue weighted by atomic mass is 32.1. The van der Waals surface area contributed by atoms with Crippen molar-refractivity contribution in [1.82, 2.24) is 19.3 Å². The molecule has 2 aromatic heterocycles. The van der Waals surface area contributed by atoms with Crippen LogP contribution in [0.25, 0.3) is 11.4 Å². The number of carbonyl (C=O) groups is 1. The molecule has 8 heteroatoms. The summed E-state index contributed by atoms with van der Waals surface area (Å²) in [5.41, 5.74) is 3.86. The molecule has 0 saturated carbocycles. The minimum absolute atomic E-state index is 0.205. The second-order valence-corrected chi connectivity index (χ2v) is 8.05. The van der Waals surface area contributed by atoms with Crippen LogP contribution in [0.1, 0.15) is 17.5 Å². The van der Waals surface area contributed by atoms with Gasteiger partial charge in [0.05, 0.1) is 7.11 Å². The van der Waals surface area contributed by atoms with E-state index < -0.39 is 0 Å². The van der Waals surface area contributed by atoms with Crippen molar-refractivity contribution in [2.24, 2.45) is 4.99 Å². The van der Waals surface area contributed by atoms with E-state index >= 15 is 0 Å². The lowest BCUT2D eigenvalue weighted by Crippen LogP contribution is -2.22. The highest BCUT2D eigenvalue weighted by Crippen LogP contribution is 2.21. The molecule has 0 fully saturated rings. The lowest BCUT2D eigenvalue weighted by atomic mass is 10.1. The summed E-state index contributed by atoms with van der Waals surface area (Å²) in [7, 11) is 1.62. The molecule has 0 aliphatic carbocycles. The summed E-state index contributed by atoms with van der Waals surface area (Å²) >= 11 is 5.38. The maximum atomic E-state index is 12.7. The Balaban J connectivity index is 1.51. The number of hydrogen-bond acceptors (Lipinski definition) is 4. The molecule has 7 nitrogen and oxygen atoms in total. The Hall–Kier alpha value is -3.78. The predicted molar refractivity (Wildman–Crippen MR) is 129 cm³/mol. The van der Waals surface area contributed by atoms with Crippen molar-refractivity contribution in [2.45, 2.75) is 26.4 Å². The number of pyridine rings is 1. The van der Waals surface area contributed by atoms with Gasteiger partial charge >= 0.3 is 0 Å². The van der Waals surface area contributed by atoms with Gasteiger partial charge in [0.15, 0.2) is 10.6 Å². The van der Waals surface area contributed by atoms with Crippen LogP contribution in [0, 0.1) is 11.7 Å². The van der Waals surface area contributed by atoms with E-state index in [0.717, 1.165) is 16.9 Å². The summed E-state index contributed by atoms with van der Waals surface area (Å²) in [6.45, 7) is 3.08. The van der Waals surface area contributed by atoms with Gasteiger partial charge in [-0.2, -0.15) is 10.1 Å². The number of aromatic amines is 1. The fraction of sp³-hybridized carbons (Fsp3) is 0.200. The van der Waals surface area contributed by atoms with Gasteiger partial charge in [-0.1, -0.05) is 35.9 Å². The first-order chi connectivity index (χ1) is 16.0. The number of nitrogens with one attached hydrogen (secondary N) is 1. The molecule has 168 valence electrons. The molecule has 2 aromatic carbocycles. The van der Waals surface area contributed by atoms with Gasteiger partial charge in [0.25, 0.3) is 0 Å². The Morgan fingerprint density at radius 2 is 1.85 bits per heavy atom. The van der Waals surface area contributed by atoms with Gasteiger partial charge in [0, 0.05) is 31.3 Å². The van der Waals surface area contributed by atoms with Gasteiger partial charge in [0.1, 0.15) is 11.2 Å². The maximum absolute atomic E-state index is 12.7. The van der Waals surface area contributed by atoms with Gasteiger partial charge in [-0.15, -0.1) is 0 Å². The normalized spacial score (nSPS) is 11.5. The van der Waals surface area contributed by atoms with Gasteiger partial charge in [-0.25, -0.2) is 0 Å². The average Bonchev–Trinajstić information content (AvgIpc) is 3.20. The average molecular weight is 460 g/mol. The number of amides is 1. The molecule has 4 aromatic rings. The summed E-state index contributed by atoms with van der Waals surface area (Å²) in [4.78, 5) is 17.1. The third-order valence-corrected chi connectivity index (χ3v) is 5.60. The first-order valence-electron chi connectivity index (χ1n) is 10.6. The fourth-order valence-corrected chi connectivity index (χ4v) is 3.69. The fourth-order valence-electron chi connectivity index (χ4n) is 3.47. The quantitative estimate of drug-likeness (QED) is 0.418. The molecule has 2 heterocycles. The van der Waals surface area contributed by atoms with E-state index in [0.29, 0.717) is 29.2 Å². The third-order valence-electron chi connectivity index (χ3n) is 5.29. The van der Waals surface area contributed by atoms with Crippen molar-refractivity contribution < 1.29 is 9.53 Å². The first-order valence-corrected chi connectivity index (χ1v) is 11.0. The number of hydrogen-bond donors (Lipinski definition) is 1. The Morgan fingerprint density at radius 3 is 2.58 bits per heavy atom. The number of H-pyrrole nitrogens is 1. The van der Waals surface area contributed by atoms with Crippen molar-refractivity contribution in [3.8, 4) is 17.1 Å². The van der Waals surface area contributed by atoms with Gasteiger partial charge in [-0.3, -0.25) is 14.5 Å².